The molecule has 0 unspecified atom stereocenters. The van der Waals surface area contributed by atoms with Gasteiger partial charge in [-0.2, -0.15) is 0 Å². The molecule has 0 heterocycles. The summed E-state index contributed by atoms with van der Waals surface area (Å²) >= 11 is 0. The summed E-state index contributed by atoms with van der Waals surface area (Å²) < 4.78 is 10.3. The number of rotatable bonds is 7. The molecule has 3 N–H and O–H groups in total. The molecular weight excluding hydrogens is 376 g/mol. The molecule has 0 spiro atoms. The van der Waals surface area contributed by atoms with Crippen LogP contribution in [0.15, 0.2) is 48.2 Å². The lowest BCUT2D eigenvalue weighted by molar-refractivity contribution is -0.132. The smallest absolute Gasteiger partial charge is 0.308 e. The number of esters is 1. The van der Waals surface area contributed by atoms with Gasteiger partial charge in [0.25, 0.3) is 5.91 Å². The summed E-state index contributed by atoms with van der Waals surface area (Å²) in [5.74, 6) is -0.914. The lowest BCUT2D eigenvalue weighted by atomic mass is 10.1. The number of hydrogen-bond donors (Lipinski definition) is 3. The number of hydrogen-bond acceptors (Lipinski definition) is 6. The maximum Gasteiger partial charge on any atom is 0.308 e. The third-order valence-corrected chi connectivity index (χ3v) is 3.68. The van der Waals surface area contributed by atoms with E-state index in [1.165, 1.54) is 33.1 Å². The molecule has 2 aromatic rings. The molecule has 0 saturated carbocycles. The number of aliphatic hydroxyl groups excluding tert-OH is 1. The molecule has 0 atom stereocenters. The highest BCUT2D eigenvalue weighted by Crippen LogP contribution is 2.29. The Hall–Kier alpha value is -3.65. The van der Waals surface area contributed by atoms with Crippen molar-refractivity contribution in [2.45, 2.75) is 20.5 Å². The number of methoxy groups -OCH3 is 1. The number of benzene rings is 2. The molecule has 2 amide bonds. The van der Waals surface area contributed by atoms with Gasteiger partial charge in [0, 0.05) is 19.5 Å². The minimum Gasteiger partial charge on any atom is -0.493 e. The predicted octanol–water partition coefficient (Wildman–Crippen LogP) is 2.23. The molecule has 0 aliphatic carbocycles. The summed E-state index contributed by atoms with van der Waals surface area (Å²) in [7, 11) is 1.42. The third kappa shape index (κ3) is 6.47. The Morgan fingerprint density at radius 2 is 1.83 bits per heavy atom. The van der Waals surface area contributed by atoms with Crippen LogP contribution in [0.25, 0.3) is 6.08 Å². The summed E-state index contributed by atoms with van der Waals surface area (Å²) in [6.07, 6.45) is 1.46. The van der Waals surface area contributed by atoms with Crippen molar-refractivity contribution in [2.75, 3.05) is 12.4 Å². The molecule has 0 aliphatic heterocycles. The summed E-state index contributed by atoms with van der Waals surface area (Å²) in [5, 5.41) is 14.4. The Morgan fingerprint density at radius 3 is 2.45 bits per heavy atom. The topological polar surface area (TPSA) is 114 Å². The fraction of sp³-hybridized carbons (Fsp3) is 0.190. The third-order valence-electron chi connectivity index (χ3n) is 3.68. The average Bonchev–Trinajstić information content (AvgIpc) is 2.68. The molecule has 0 aliphatic rings. The van der Waals surface area contributed by atoms with E-state index in [1.54, 1.807) is 36.4 Å². The predicted molar refractivity (Wildman–Crippen MR) is 107 cm³/mol. The van der Waals surface area contributed by atoms with Gasteiger partial charge < -0.3 is 25.2 Å². The quantitative estimate of drug-likeness (QED) is 0.374. The van der Waals surface area contributed by atoms with E-state index in [4.69, 9.17) is 9.47 Å². The monoisotopic (exact) mass is 398 g/mol. The van der Waals surface area contributed by atoms with E-state index in [0.717, 1.165) is 0 Å². The second kappa shape index (κ2) is 10.0. The number of amides is 2. The van der Waals surface area contributed by atoms with E-state index in [-0.39, 0.29) is 18.1 Å². The number of nitrogens with one attached hydrogen (secondary N) is 2. The molecule has 29 heavy (non-hydrogen) atoms. The first kappa shape index (κ1) is 21.6. The van der Waals surface area contributed by atoms with Gasteiger partial charge in [0.05, 0.1) is 13.7 Å². The molecular formula is C21H22N2O6. The first-order chi connectivity index (χ1) is 13.8. The fourth-order valence-corrected chi connectivity index (χ4v) is 2.47. The van der Waals surface area contributed by atoms with Crippen molar-refractivity contribution >= 4 is 29.5 Å². The van der Waals surface area contributed by atoms with Crippen molar-refractivity contribution in [1.82, 2.24) is 5.32 Å². The minimum atomic E-state index is -0.543. The molecule has 0 saturated heterocycles. The molecule has 2 aromatic carbocycles. The van der Waals surface area contributed by atoms with E-state index in [2.05, 4.69) is 10.6 Å². The van der Waals surface area contributed by atoms with Crippen molar-refractivity contribution in [1.29, 1.82) is 0 Å². The van der Waals surface area contributed by atoms with E-state index in [1.807, 2.05) is 0 Å². The largest absolute Gasteiger partial charge is 0.493 e. The van der Waals surface area contributed by atoms with Crippen LogP contribution in [0.5, 0.6) is 11.5 Å². The summed E-state index contributed by atoms with van der Waals surface area (Å²) in [5.41, 5.74) is 1.66. The zero-order valence-corrected chi connectivity index (χ0v) is 16.3. The zero-order chi connectivity index (χ0) is 21.4. The maximum atomic E-state index is 12.7. The number of ether oxygens (including phenoxy) is 2. The van der Waals surface area contributed by atoms with E-state index >= 15 is 0 Å². The van der Waals surface area contributed by atoms with Crippen LogP contribution in [0.4, 0.5) is 5.69 Å². The van der Waals surface area contributed by atoms with Gasteiger partial charge in [0.2, 0.25) is 5.91 Å². The van der Waals surface area contributed by atoms with Crippen LogP contribution < -0.4 is 20.1 Å². The van der Waals surface area contributed by atoms with Crippen LogP contribution in [-0.4, -0.2) is 30.0 Å². The molecule has 152 valence electrons. The van der Waals surface area contributed by atoms with Gasteiger partial charge in [-0.25, -0.2) is 0 Å². The first-order valence-corrected chi connectivity index (χ1v) is 8.69. The molecule has 8 nitrogen and oxygen atoms in total. The highest BCUT2D eigenvalue weighted by Gasteiger charge is 2.14. The van der Waals surface area contributed by atoms with E-state index in [9.17, 15) is 19.5 Å². The number of aliphatic hydroxyl groups is 1. The Morgan fingerprint density at radius 1 is 1.07 bits per heavy atom. The summed E-state index contributed by atoms with van der Waals surface area (Å²) in [4.78, 5) is 35.4. The van der Waals surface area contributed by atoms with Crippen LogP contribution in [0.1, 0.15) is 25.0 Å². The minimum absolute atomic E-state index is 0.00851. The molecule has 2 rings (SSSR count). The van der Waals surface area contributed by atoms with Gasteiger partial charge in [-0.05, 0) is 41.5 Å². The van der Waals surface area contributed by atoms with Crippen molar-refractivity contribution in [3.8, 4) is 11.5 Å². The second-order valence-corrected chi connectivity index (χ2v) is 6.06. The fourth-order valence-electron chi connectivity index (χ4n) is 2.47. The van der Waals surface area contributed by atoms with Crippen molar-refractivity contribution < 1.29 is 29.0 Å². The lowest BCUT2D eigenvalue weighted by Gasteiger charge is -2.12. The van der Waals surface area contributed by atoms with Gasteiger partial charge in [0.15, 0.2) is 11.5 Å². The van der Waals surface area contributed by atoms with Gasteiger partial charge in [-0.15, -0.1) is 0 Å². The van der Waals surface area contributed by atoms with Crippen molar-refractivity contribution in [2.24, 2.45) is 0 Å². The highest BCUT2D eigenvalue weighted by atomic mass is 16.6. The van der Waals surface area contributed by atoms with E-state index < -0.39 is 17.8 Å². The summed E-state index contributed by atoms with van der Waals surface area (Å²) in [6, 6.07) is 11.4. The SMILES string of the molecule is COc1cc(/C=C(\NC(C)=O)C(=O)Nc2cccc(CO)c2)ccc1OC(C)=O. The molecule has 0 bridgehead atoms. The number of carbonyl (C=O) groups is 3. The van der Waals surface area contributed by atoms with Crippen LogP contribution >= 0.6 is 0 Å². The van der Waals surface area contributed by atoms with Crippen molar-refractivity contribution in [3.05, 3.63) is 59.3 Å². The molecule has 0 fully saturated rings. The average molecular weight is 398 g/mol. The van der Waals surface area contributed by atoms with Crippen LogP contribution in [0.3, 0.4) is 0 Å². The van der Waals surface area contributed by atoms with Crippen LogP contribution in [-0.2, 0) is 21.0 Å². The standard InChI is InChI=1S/C21H22N2O6/c1-13(25)22-18(21(27)23-17-6-4-5-16(9-17)12-24)10-15-7-8-19(29-14(2)26)20(11-15)28-3/h4-11,24H,12H2,1-3H3,(H,22,25)(H,23,27)/b18-10-. The Labute approximate surface area is 168 Å². The molecule has 0 radical (unpaired) electrons. The van der Waals surface area contributed by atoms with Gasteiger partial charge in [0.1, 0.15) is 5.70 Å². The Balaban J connectivity index is 2.33. The van der Waals surface area contributed by atoms with Crippen LogP contribution in [0.2, 0.25) is 0 Å². The summed E-state index contributed by atoms with van der Waals surface area (Å²) in [6.45, 7) is 2.41. The highest BCUT2D eigenvalue weighted by molar-refractivity contribution is 6.08. The normalized spacial score (nSPS) is 10.8. The molecule has 0 aromatic heterocycles. The Kier molecular flexibility index (Phi) is 7.50. The molecule has 8 heteroatoms. The second-order valence-electron chi connectivity index (χ2n) is 6.06. The number of anilines is 1. The zero-order valence-electron chi connectivity index (χ0n) is 16.3. The first-order valence-electron chi connectivity index (χ1n) is 8.69. The van der Waals surface area contributed by atoms with Crippen molar-refractivity contribution in [3.63, 3.8) is 0 Å². The number of carbonyl (C=O) groups excluding carboxylic acids is 3. The maximum absolute atomic E-state index is 12.7. The van der Waals surface area contributed by atoms with Crippen LogP contribution in [0, 0.1) is 0 Å². The van der Waals surface area contributed by atoms with Gasteiger partial charge in [-0.3, -0.25) is 14.4 Å². The lowest BCUT2D eigenvalue weighted by Crippen LogP contribution is -2.29. The van der Waals surface area contributed by atoms with Gasteiger partial charge >= 0.3 is 5.97 Å². The van der Waals surface area contributed by atoms with E-state index in [0.29, 0.717) is 22.6 Å². The van der Waals surface area contributed by atoms with Gasteiger partial charge in [-0.1, -0.05) is 18.2 Å². The Bertz CT molecular complexity index is 952.